The Kier molecular flexibility index (Phi) is 4.53. The van der Waals surface area contributed by atoms with E-state index < -0.39 is 5.60 Å². The van der Waals surface area contributed by atoms with Gasteiger partial charge in [0.25, 0.3) is 0 Å². The molecule has 0 aliphatic heterocycles. The van der Waals surface area contributed by atoms with Gasteiger partial charge in [-0.25, -0.2) is 0 Å². The van der Waals surface area contributed by atoms with Gasteiger partial charge in [0.1, 0.15) is 11.5 Å². The number of aliphatic hydroxyl groups is 1. The topological polar surface area (TPSA) is 38.7 Å². The SMILES string of the molecule is COc1ccc(CC(C)(O)c2ccc(OC)cc2C)cc1. The third-order valence-electron chi connectivity index (χ3n) is 3.72. The molecule has 0 aliphatic carbocycles. The zero-order valence-electron chi connectivity index (χ0n) is 13.0. The molecule has 0 aliphatic rings. The number of methoxy groups -OCH3 is 2. The fourth-order valence-electron chi connectivity index (χ4n) is 2.60. The first-order valence-corrected chi connectivity index (χ1v) is 6.96. The van der Waals surface area contributed by atoms with E-state index in [2.05, 4.69) is 0 Å². The van der Waals surface area contributed by atoms with Gasteiger partial charge < -0.3 is 14.6 Å². The van der Waals surface area contributed by atoms with Crippen LogP contribution >= 0.6 is 0 Å². The van der Waals surface area contributed by atoms with E-state index in [9.17, 15) is 5.11 Å². The van der Waals surface area contributed by atoms with Crippen molar-refractivity contribution >= 4 is 0 Å². The van der Waals surface area contributed by atoms with E-state index in [1.54, 1.807) is 14.2 Å². The Balaban J connectivity index is 2.24. The predicted molar refractivity (Wildman–Crippen MR) is 84.0 cm³/mol. The molecule has 0 fully saturated rings. The van der Waals surface area contributed by atoms with E-state index in [0.29, 0.717) is 6.42 Å². The molecular weight excluding hydrogens is 264 g/mol. The molecule has 0 saturated heterocycles. The smallest absolute Gasteiger partial charge is 0.119 e. The van der Waals surface area contributed by atoms with Gasteiger partial charge in [-0.2, -0.15) is 0 Å². The summed E-state index contributed by atoms with van der Waals surface area (Å²) < 4.78 is 10.4. The van der Waals surface area contributed by atoms with Gasteiger partial charge in [-0.05, 0) is 54.8 Å². The number of aryl methyl sites for hydroxylation is 1. The van der Waals surface area contributed by atoms with Crippen LogP contribution in [0, 0.1) is 6.92 Å². The van der Waals surface area contributed by atoms with Crippen molar-refractivity contribution in [2.75, 3.05) is 14.2 Å². The molecule has 3 heteroatoms. The van der Waals surface area contributed by atoms with Gasteiger partial charge in [-0.3, -0.25) is 0 Å². The molecular formula is C18H22O3. The third-order valence-corrected chi connectivity index (χ3v) is 3.72. The van der Waals surface area contributed by atoms with Crippen LogP contribution in [-0.4, -0.2) is 19.3 Å². The maximum absolute atomic E-state index is 10.8. The number of rotatable bonds is 5. The summed E-state index contributed by atoms with van der Waals surface area (Å²) in [7, 11) is 3.29. The predicted octanol–water partition coefficient (Wildman–Crippen LogP) is 3.46. The highest BCUT2D eigenvalue weighted by atomic mass is 16.5. The van der Waals surface area contributed by atoms with Crippen molar-refractivity contribution in [2.24, 2.45) is 0 Å². The largest absolute Gasteiger partial charge is 0.497 e. The van der Waals surface area contributed by atoms with E-state index in [0.717, 1.165) is 28.2 Å². The minimum atomic E-state index is -0.926. The first kappa shape index (κ1) is 15.4. The first-order valence-electron chi connectivity index (χ1n) is 6.96. The summed E-state index contributed by atoms with van der Waals surface area (Å²) in [5.74, 6) is 1.62. The summed E-state index contributed by atoms with van der Waals surface area (Å²) in [4.78, 5) is 0. The van der Waals surface area contributed by atoms with Crippen LogP contribution < -0.4 is 9.47 Å². The molecule has 2 aromatic rings. The highest BCUT2D eigenvalue weighted by Crippen LogP contribution is 2.30. The zero-order chi connectivity index (χ0) is 15.5. The lowest BCUT2D eigenvalue weighted by molar-refractivity contribution is 0.0569. The number of benzene rings is 2. The monoisotopic (exact) mass is 286 g/mol. The summed E-state index contributed by atoms with van der Waals surface area (Å²) in [6.45, 7) is 3.83. The Morgan fingerprint density at radius 2 is 1.52 bits per heavy atom. The second-order valence-electron chi connectivity index (χ2n) is 5.48. The van der Waals surface area contributed by atoms with Gasteiger partial charge in [0.05, 0.1) is 19.8 Å². The Bertz CT molecular complexity index is 600. The Morgan fingerprint density at radius 1 is 0.952 bits per heavy atom. The summed E-state index contributed by atoms with van der Waals surface area (Å²) in [6, 6.07) is 13.5. The lowest BCUT2D eigenvalue weighted by Crippen LogP contribution is -2.25. The first-order chi connectivity index (χ1) is 9.96. The molecule has 0 radical (unpaired) electrons. The zero-order valence-corrected chi connectivity index (χ0v) is 13.0. The van der Waals surface area contributed by atoms with E-state index in [1.807, 2.05) is 56.3 Å². The van der Waals surface area contributed by atoms with E-state index in [4.69, 9.17) is 9.47 Å². The highest BCUT2D eigenvalue weighted by molar-refractivity contribution is 5.39. The van der Waals surface area contributed by atoms with E-state index in [-0.39, 0.29) is 0 Å². The van der Waals surface area contributed by atoms with Crippen LogP contribution in [-0.2, 0) is 12.0 Å². The molecule has 1 atom stereocenters. The van der Waals surface area contributed by atoms with Crippen molar-refractivity contribution in [3.8, 4) is 11.5 Å². The molecule has 0 amide bonds. The van der Waals surface area contributed by atoms with Gasteiger partial charge in [0.2, 0.25) is 0 Å². The van der Waals surface area contributed by atoms with Crippen LogP contribution in [0.3, 0.4) is 0 Å². The maximum Gasteiger partial charge on any atom is 0.119 e. The molecule has 1 unspecified atom stereocenters. The minimum absolute atomic E-state index is 0.546. The highest BCUT2D eigenvalue weighted by Gasteiger charge is 2.25. The Hall–Kier alpha value is -2.00. The molecule has 2 aromatic carbocycles. The van der Waals surface area contributed by atoms with Crippen molar-refractivity contribution in [3.05, 3.63) is 59.2 Å². The molecule has 0 spiro atoms. The lowest BCUT2D eigenvalue weighted by atomic mass is 9.86. The lowest BCUT2D eigenvalue weighted by Gasteiger charge is -2.26. The second kappa shape index (κ2) is 6.19. The third kappa shape index (κ3) is 3.56. The van der Waals surface area contributed by atoms with Gasteiger partial charge in [0, 0.05) is 6.42 Å². The summed E-state index contributed by atoms with van der Waals surface area (Å²) in [6.07, 6.45) is 0.546. The van der Waals surface area contributed by atoms with Crippen molar-refractivity contribution in [3.63, 3.8) is 0 Å². The normalized spacial score (nSPS) is 13.6. The molecule has 0 aromatic heterocycles. The average Bonchev–Trinajstić information content (AvgIpc) is 2.47. The standard InChI is InChI=1S/C18H22O3/c1-13-11-16(21-4)9-10-17(13)18(2,19)12-14-5-7-15(20-3)8-6-14/h5-11,19H,12H2,1-4H3. The molecule has 3 nitrogen and oxygen atoms in total. The van der Waals surface area contributed by atoms with E-state index in [1.165, 1.54) is 0 Å². The number of hydrogen-bond acceptors (Lipinski definition) is 3. The fourth-order valence-corrected chi connectivity index (χ4v) is 2.60. The molecule has 112 valence electrons. The fraction of sp³-hybridized carbons (Fsp3) is 0.333. The van der Waals surface area contributed by atoms with E-state index >= 15 is 0 Å². The molecule has 0 saturated carbocycles. The van der Waals surface area contributed by atoms with Crippen LogP contribution in [0.4, 0.5) is 0 Å². The Labute approximate surface area is 126 Å². The number of hydrogen-bond donors (Lipinski definition) is 1. The maximum atomic E-state index is 10.8. The second-order valence-corrected chi connectivity index (χ2v) is 5.48. The quantitative estimate of drug-likeness (QED) is 0.914. The molecule has 21 heavy (non-hydrogen) atoms. The number of ether oxygens (including phenoxy) is 2. The Morgan fingerprint density at radius 3 is 2.05 bits per heavy atom. The summed E-state index contributed by atoms with van der Waals surface area (Å²) in [5.41, 5.74) is 2.08. The van der Waals surface area contributed by atoms with Gasteiger partial charge in [-0.1, -0.05) is 18.2 Å². The minimum Gasteiger partial charge on any atom is -0.497 e. The van der Waals surface area contributed by atoms with Crippen LogP contribution in [0.25, 0.3) is 0 Å². The van der Waals surface area contributed by atoms with Gasteiger partial charge >= 0.3 is 0 Å². The van der Waals surface area contributed by atoms with Gasteiger partial charge in [0.15, 0.2) is 0 Å². The van der Waals surface area contributed by atoms with Gasteiger partial charge in [-0.15, -0.1) is 0 Å². The van der Waals surface area contributed by atoms with Crippen LogP contribution in [0.5, 0.6) is 11.5 Å². The summed E-state index contributed by atoms with van der Waals surface area (Å²) in [5, 5.41) is 10.8. The van der Waals surface area contributed by atoms with Crippen LogP contribution in [0.1, 0.15) is 23.6 Å². The van der Waals surface area contributed by atoms with Crippen LogP contribution in [0.2, 0.25) is 0 Å². The molecule has 0 heterocycles. The van der Waals surface area contributed by atoms with Crippen molar-refractivity contribution in [1.29, 1.82) is 0 Å². The average molecular weight is 286 g/mol. The van der Waals surface area contributed by atoms with Crippen molar-refractivity contribution in [2.45, 2.75) is 25.9 Å². The van der Waals surface area contributed by atoms with Crippen molar-refractivity contribution in [1.82, 2.24) is 0 Å². The molecule has 1 N–H and O–H groups in total. The molecule has 2 rings (SSSR count). The molecule has 0 bridgehead atoms. The van der Waals surface area contributed by atoms with Crippen molar-refractivity contribution < 1.29 is 14.6 Å². The van der Waals surface area contributed by atoms with Crippen LogP contribution in [0.15, 0.2) is 42.5 Å². The summed E-state index contributed by atoms with van der Waals surface area (Å²) >= 11 is 0.